The Morgan fingerprint density at radius 3 is 2.31 bits per heavy atom. The van der Waals surface area contributed by atoms with E-state index >= 15 is 0 Å². The molecule has 1 fully saturated rings. The molecule has 1 unspecified atom stereocenters. The van der Waals surface area contributed by atoms with Gasteiger partial charge >= 0.3 is 5.97 Å². The van der Waals surface area contributed by atoms with Gasteiger partial charge in [-0.2, -0.15) is 4.31 Å². The largest absolute Gasteiger partial charge is 0.467 e. The van der Waals surface area contributed by atoms with Gasteiger partial charge in [0, 0.05) is 32.7 Å². The Morgan fingerprint density at radius 1 is 1.21 bits per heavy atom. The quantitative estimate of drug-likeness (QED) is 0.584. The fourth-order valence-electron chi connectivity index (χ4n) is 3.35. The fourth-order valence-corrected chi connectivity index (χ4v) is 4.82. The van der Waals surface area contributed by atoms with E-state index in [0.29, 0.717) is 19.4 Å². The van der Waals surface area contributed by atoms with Crippen molar-refractivity contribution in [2.75, 3.05) is 40.5 Å². The number of hydrogen-bond acceptors (Lipinski definition) is 6. The van der Waals surface area contributed by atoms with Crippen molar-refractivity contribution < 1.29 is 27.5 Å². The SMILES string of the molecule is CCOCC(C(=O)OC)N(C)C(=O)C1CCN(S(=O)(=O)c2ccc(C)cc2)CC1. The first-order valence-electron chi connectivity index (χ1n) is 9.71. The van der Waals surface area contributed by atoms with Crippen molar-refractivity contribution in [2.45, 2.75) is 37.6 Å². The number of piperidine rings is 1. The van der Waals surface area contributed by atoms with E-state index in [1.807, 2.05) is 6.92 Å². The first-order chi connectivity index (χ1) is 13.7. The van der Waals surface area contributed by atoms with Crippen molar-refractivity contribution in [3.05, 3.63) is 29.8 Å². The molecular formula is C20H30N2O6S. The minimum Gasteiger partial charge on any atom is -0.467 e. The Balaban J connectivity index is 2.02. The number of sulfonamides is 1. The second-order valence-electron chi connectivity index (χ2n) is 7.14. The third-order valence-corrected chi connectivity index (χ3v) is 7.14. The molecular weight excluding hydrogens is 396 g/mol. The zero-order valence-corrected chi connectivity index (χ0v) is 18.3. The molecule has 1 aliphatic heterocycles. The van der Waals surface area contributed by atoms with Crippen LogP contribution in [0.3, 0.4) is 0 Å². The number of likely N-dealkylation sites (N-methyl/N-ethyl adjacent to an activating group) is 1. The molecule has 8 nitrogen and oxygen atoms in total. The number of benzene rings is 1. The van der Waals surface area contributed by atoms with Gasteiger partial charge in [-0.25, -0.2) is 13.2 Å². The Morgan fingerprint density at radius 2 is 1.79 bits per heavy atom. The highest BCUT2D eigenvalue weighted by Gasteiger charge is 2.36. The molecule has 1 aromatic carbocycles. The van der Waals surface area contributed by atoms with Gasteiger partial charge in [-0.3, -0.25) is 4.79 Å². The van der Waals surface area contributed by atoms with Crippen LogP contribution in [0.5, 0.6) is 0 Å². The standard InChI is InChI=1S/C20H30N2O6S/c1-5-28-14-18(20(24)27-4)21(3)19(23)16-10-12-22(13-11-16)29(25,26)17-8-6-15(2)7-9-17/h6-9,16,18H,5,10-14H2,1-4H3. The predicted octanol–water partition coefficient (Wildman–Crippen LogP) is 1.43. The molecule has 0 saturated carbocycles. The van der Waals surface area contributed by atoms with Gasteiger partial charge in [0.1, 0.15) is 0 Å². The number of carbonyl (C=O) groups excluding carboxylic acids is 2. The average Bonchev–Trinajstić information content (AvgIpc) is 2.73. The zero-order chi connectivity index (χ0) is 21.6. The van der Waals surface area contributed by atoms with E-state index in [1.54, 1.807) is 38.2 Å². The van der Waals surface area contributed by atoms with Crippen molar-refractivity contribution in [3.63, 3.8) is 0 Å². The summed E-state index contributed by atoms with van der Waals surface area (Å²) >= 11 is 0. The maximum atomic E-state index is 12.9. The van der Waals surface area contributed by atoms with E-state index in [-0.39, 0.29) is 36.4 Å². The number of rotatable bonds is 8. The minimum atomic E-state index is -3.58. The van der Waals surface area contributed by atoms with Gasteiger partial charge in [-0.05, 0) is 38.8 Å². The lowest BCUT2D eigenvalue weighted by Crippen LogP contribution is -2.50. The third kappa shape index (κ3) is 5.55. The molecule has 0 N–H and O–H groups in total. The number of amides is 1. The Hall–Kier alpha value is -1.97. The number of aryl methyl sites for hydroxylation is 1. The number of esters is 1. The molecule has 1 saturated heterocycles. The van der Waals surface area contributed by atoms with Crippen LogP contribution in [0.15, 0.2) is 29.2 Å². The van der Waals surface area contributed by atoms with E-state index in [9.17, 15) is 18.0 Å². The normalized spacial score (nSPS) is 17.0. The summed E-state index contributed by atoms with van der Waals surface area (Å²) in [6, 6.07) is 5.92. The van der Waals surface area contributed by atoms with Crippen molar-refractivity contribution in [3.8, 4) is 0 Å². The highest BCUT2D eigenvalue weighted by Crippen LogP contribution is 2.25. The van der Waals surface area contributed by atoms with E-state index in [2.05, 4.69) is 0 Å². The molecule has 2 rings (SSSR count). The maximum Gasteiger partial charge on any atom is 0.330 e. The van der Waals surface area contributed by atoms with Gasteiger partial charge < -0.3 is 14.4 Å². The van der Waals surface area contributed by atoms with Gasteiger partial charge in [-0.1, -0.05) is 17.7 Å². The molecule has 1 amide bonds. The second kappa shape index (κ2) is 10.2. The molecule has 162 valence electrons. The van der Waals surface area contributed by atoms with Gasteiger partial charge in [0.05, 0.1) is 18.6 Å². The van der Waals surface area contributed by atoms with Crippen LogP contribution in [-0.2, 0) is 29.1 Å². The molecule has 0 aromatic heterocycles. The summed E-state index contributed by atoms with van der Waals surface area (Å²) in [6.07, 6.45) is 0.799. The van der Waals surface area contributed by atoms with Crippen molar-refractivity contribution in [1.29, 1.82) is 0 Å². The van der Waals surface area contributed by atoms with Gasteiger partial charge in [0.25, 0.3) is 0 Å². The lowest BCUT2D eigenvalue weighted by Gasteiger charge is -2.34. The molecule has 1 aromatic rings. The topological polar surface area (TPSA) is 93.2 Å². The van der Waals surface area contributed by atoms with Crippen LogP contribution in [0.4, 0.5) is 0 Å². The Labute approximate surface area is 172 Å². The molecule has 1 heterocycles. The number of methoxy groups -OCH3 is 1. The van der Waals surface area contributed by atoms with Gasteiger partial charge in [-0.15, -0.1) is 0 Å². The highest BCUT2D eigenvalue weighted by atomic mass is 32.2. The third-order valence-electron chi connectivity index (χ3n) is 5.23. The summed E-state index contributed by atoms with van der Waals surface area (Å²) in [7, 11) is -0.754. The molecule has 9 heteroatoms. The molecule has 0 bridgehead atoms. The van der Waals surface area contributed by atoms with Crippen molar-refractivity contribution in [1.82, 2.24) is 9.21 Å². The first kappa shape index (κ1) is 23.3. The number of ether oxygens (including phenoxy) is 2. The van der Waals surface area contributed by atoms with E-state index in [1.165, 1.54) is 16.3 Å². The van der Waals surface area contributed by atoms with Crippen LogP contribution in [0.1, 0.15) is 25.3 Å². The summed E-state index contributed by atoms with van der Waals surface area (Å²) in [5, 5.41) is 0. The minimum absolute atomic E-state index is 0.0616. The van der Waals surface area contributed by atoms with Crippen LogP contribution in [0.2, 0.25) is 0 Å². The van der Waals surface area contributed by atoms with Crippen LogP contribution in [0, 0.1) is 12.8 Å². The molecule has 29 heavy (non-hydrogen) atoms. The molecule has 1 atom stereocenters. The van der Waals surface area contributed by atoms with E-state index in [0.717, 1.165) is 5.56 Å². The average molecular weight is 427 g/mol. The van der Waals surface area contributed by atoms with Crippen LogP contribution < -0.4 is 0 Å². The molecule has 1 aliphatic rings. The summed E-state index contributed by atoms with van der Waals surface area (Å²) in [4.78, 5) is 26.5. The number of nitrogens with zero attached hydrogens (tertiary/aromatic N) is 2. The van der Waals surface area contributed by atoms with Crippen molar-refractivity contribution >= 4 is 21.9 Å². The van der Waals surface area contributed by atoms with Crippen LogP contribution >= 0.6 is 0 Å². The second-order valence-corrected chi connectivity index (χ2v) is 9.08. The first-order valence-corrected chi connectivity index (χ1v) is 11.2. The lowest BCUT2D eigenvalue weighted by molar-refractivity contribution is -0.156. The Bertz CT molecular complexity index is 801. The fraction of sp³-hybridized carbons (Fsp3) is 0.600. The molecule has 0 spiro atoms. The van der Waals surface area contributed by atoms with E-state index < -0.39 is 22.0 Å². The number of hydrogen-bond donors (Lipinski definition) is 0. The highest BCUT2D eigenvalue weighted by molar-refractivity contribution is 7.89. The summed E-state index contributed by atoms with van der Waals surface area (Å²) in [5.74, 6) is -1.08. The smallest absolute Gasteiger partial charge is 0.330 e. The summed E-state index contributed by atoms with van der Waals surface area (Å²) < 4.78 is 37.1. The van der Waals surface area contributed by atoms with Crippen LogP contribution in [-0.4, -0.2) is 76.0 Å². The van der Waals surface area contributed by atoms with Gasteiger partial charge in [0.15, 0.2) is 6.04 Å². The Kier molecular flexibility index (Phi) is 8.18. The van der Waals surface area contributed by atoms with Crippen LogP contribution in [0.25, 0.3) is 0 Å². The number of carbonyl (C=O) groups is 2. The molecule has 0 radical (unpaired) electrons. The predicted molar refractivity (Wildman–Crippen MR) is 108 cm³/mol. The molecule has 0 aliphatic carbocycles. The monoisotopic (exact) mass is 426 g/mol. The van der Waals surface area contributed by atoms with Gasteiger partial charge in [0.2, 0.25) is 15.9 Å². The maximum absolute atomic E-state index is 12.9. The summed E-state index contributed by atoms with van der Waals surface area (Å²) in [6.45, 7) is 4.71. The summed E-state index contributed by atoms with van der Waals surface area (Å²) in [5.41, 5.74) is 0.989. The zero-order valence-electron chi connectivity index (χ0n) is 17.5. The lowest BCUT2D eigenvalue weighted by atomic mass is 9.96. The van der Waals surface area contributed by atoms with Crippen molar-refractivity contribution in [2.24, 2.45) is 5.92 Å². The van der Waals surface area contributed by atoms with E-state index in [4.69, 9.17) is 9.47 Å².